The van der Waals surface area contributed by atoms with Crippen LogP contribution in [0, 0.1) is 10.1 Å². The SMILES string of the molecule is CN(Cc1csc(Br)c1)c1cccc(S(C)(=O)=O)c1[N+](=O)[O-]. The van der Waals surface area contributed by atoms with Crippen LogP contribution in [0.15, 0.2) is 38.3 Å². The summed E-state index contributed by atoms with van der Waals surface area (Å²) >= 11 is 4.89. The lowest BCUT2D eigenvalue weighted by atomic mass is 10.2. The van der Waals surface area contributed by atoms with Crippen LogP contribution in [0.1, 0.15) is 5.56 Å². The van der Waals surface area contributed by atoms with Gasteiger partial charge in [-0.15, -0.1) is 11.3 Å². The van der Waals surface area contributed by atoms with E-state index in [9.17, 15) is 18.5 Å². The van der Waals surface area contributed by atoms with Gasteiger partial charge in [0.25, 0.3) is 0 Å². The number of benzene rings is 1. The van der Waals surface area contributed by atoms with Gasteiger partial charge in [-0.05, 0) is 45.1 Å². The van der Waals surface area contributed by atoms with Gasteiger partial charge in [0.05, 0.1) is 8.71 Å². The molecule has 118 valence electrons. The first-order valence-corrected chi connectivity index (χ1v) is 9.68. The molecule has 1 aromatic heterocycles. The van der Waals surface area contributed by atoms with Crippen LogP contribution in [0.3, 0.4) is 0 Å². The highest BCUT2D eigenvalue weighted by molar-refractivity contribution is 9.11. The van der Waals surface area contributed by atoms with Crippen molar-refractivity contribution < 1.29 is 13.3 Å². The summed E-state index contributed by atoms with van der Waals surface area (Å²) < 4.78 is 24.5. The minimum atomic E-state index is -3.68. The molecule has 0 spiro atoms. The first kappa shape index (κ1) is 16.9. The maximum Gasteiger partial charge on any atom is 0.311 e. The van der Waals surface area contributed by atoms with Gasteiger partial charge in [-0.1, -0.05) is 6.07 Å². The maximum absolute atomic E-state index is 11.8. The molecule has 6 nitrogen and oxygen atoms in total. The highest BCUT2D eigenvalue weighted by atomic mass is 79.9. The van der Waals surface area contributed by atoms with Crippen LogP contribution in [-0.4, -0.2) is 26.6 Å². The standard InChI is InChI=1S/C13H13BrN2O4S2/c1-15(7-9-6-12(14)21-8-9)10-4-3-5-11(22(2,19)20)13(10)16(17)18/h3-6,8H,7H2,1-2H3. The average Bonchev–Trinajstić information content (AvgIpc) is 2.82. The second-order valence-electron chi connectivity index (χ2n) is 4.77. The second kappa shape index (κ2) is 6.35. The van der Waals surface area contributed by atoms with E-state index in [0.29, 0.717) is 6.54 Å². The fourth-order valence-electron chi connectivity index (χ4n) is 2.09. The molecule has 0 amide bonds. The number of para-hydroxylation sites is 1. The van der Waals surface area contributed by atoms with Gasteiger partial charge in [-0.3, -0.25) is 10.1 Å². The second-order valence-corrected chi connectivity index (χ2v) is 9.04. The number of halogens is 1. The summed E-state index contributed by atoms with van der Waals surface area (Å²) in [7, 11) is -1.98. The Labute approximate surface area is 140 Å². The van der Waals surface area contributed by atoms with E-state index in [1.807, 2.05) is 11.4 Å². The van der Waals surface area contributed by atoms with Gasteiger partial charge >= 0.3 is 5.69 Å². The van der Waals surface area contributed by atoms with Crippen molar-refractivity contribution >= 4 is 48.5 Å². The minimum Gasteiger partial charge on any atom is -0.365 e. The van der Waals surface area contributed by atoms with Gasteiger partial charge in [0.15, 0.2) is 9.84 Å². The molecule has 0 saturated heterocycles. The summed E-state index contributed by atoms with van der Waals surface area (Å²) in [5, 5.41) is 13.3. The molecule has 0 N–H and O–H groups in total. The van der Waals surface area contributed by atoms with Crippen molar-refractivity contribution in [2.45, 2.75) is 11.4 Å². The number of hydrogen-bond donors (Lipinski definition) is 0. The van der Waals surface area contributed by atoms with E-state index in [0.717, 1.165) is 15.6 Å². The summed E-state index contributed by atoms with van der Waals surface area (Å²) in [6, 6.07) is 6.24. The number of nitrogens with zero attached hydrogens (tertiary/aromatic N) is 2. The van der Waals surface area contributed by atoms with E-state index in [4.69, 9.17) is 0 Å². The van der Waals surface area contributed by atoms with Gasteiger partial charge < -0.3 is 4.90 Å². The molecule has 0 atom stereocenters. The fourth-order valence-corrected chi connectivity index (χ4v) is 4.15. The lowest BCUT2D eigenvalue weighted by Crippen LogP contribution is -2.18. The van der Waals surface area contributed by atoms with Crippen molar-refractivity contribution in [3.63, 3.8) is 0 Å². The number of sulfone groups is 1. The molecule has 0 bridgehead atoms. The number of thiophene rings is 1. The third-order valence-electron chi connectivity index (χ3n) is 3.01. The molecule has 0 radical (unpaired) electrons. The topological polar surface area (TPSA) is 80.5 Å². The molecule has 0 fully saturated rings. The van der Waals surface area contributed by atoms with Gasteiger partial charge in [-0.2, -0.15) is 0 Å². The highest BCUT2D eigenvalue weighted by Crippen LogP contribution is 2.35. The molecule has 1 heterocycles. The Kier molecular flexibility index (Phi) is 4.88. The van der Waals surface area contributed by atoms with E-state index in [1.165, 1.54) is 23.5 Å². The molecule has 9 heteroatoms. The predicted octanol–water partition coefficient (Wildman–Crippen LogP) is 3.46. The third kappa shape index (κ3) is 3.65. The van der Waals surface area contributed by atoms with Gasteiger partial charge in [-0.25, -0.2) is 8.42 Å². The largest absolute Gasteiger partial charge is 0.365 e. The Morgan fingerprint density at radius 2 is 2.09 bits per heavy atom. The number of rotatable bonds is 5. The monoisotopic (exact) mass is 404 g/mol. The van der Waals surface area contributed by atoms with Crippen molar-refractivity contribution in [3.05, 3.63) is 49.1 Å². The zero-order valence-corrected chi connectivity index (χ0v) is 15.0. The summed E-state index contributed by atoms with van der Waals surface area (Å²) in [5.41, 5.74) is 0.871. The molecule has 0 aliphatic rings. The zero-order valence-electron chi connectivity index (χ0n) is 11.8. The molecule has 0 aliphatic carbocycles. The molecule has 0 saturated carbocycles. The van der Waals surface area contributed by atoms with Crippen LogP contribution in [0.2, 0.25) is 0 Å². The molecule has 0 aliphatic heterocycles. The van der Waals surface area contributed by atoms with Crippen LogP contribution in [0.4, 0.5) is 11.4 Å². The first-order valence-electron chi connectivity index (χ1n) is 6.11. The molecule has 1 aromatic carbocycles. The van der Waals surface area contributed by atoms with Gasteiger partial charge in [0, 0.05) is 19.8 Å². The number of hydrogen-bond acceptors (Lipinski definition) is 6. The van der Waals surface area contributed by atoms with E-state index in [1.54, 1.807) is 18.0 Å². The van der Waals surface area contributed by atoms with Crippen LogP contribution in [0.25, 0.3) is 0 Å². The summed E-state index contributed by atoms with van der Waals surface area (Å²) in [4.78, 5) is 12.1. The summed E-state index contributed by atoms with van der Waals surface area (Å²) in [5.74, 6) is 0. The van der Waals surface area contributed by atoms with Crippen molar-refractivity contribution in [2.24, 2.45) is 0 Å². The van der Waals surface area contributed by atoms with E-state index in [2.05, 4.69) is 15.9 Å². The Morgan fingerprint density at radius 3 is 2.59 bits per heavy atom. The number of nitro benzene ring substituents is 1. The van der Waals surface area contributed by atoms with E-state index < -0.39 is 14.8 Å². The van der Waals surface area contributed by atoms with Crippen LogP contribution in [0.5, 0.6) is 0 Å². The normalized spacial score (nSPS) is 11.4. The molecule has 0 unspecified atom stereocenters. The fraction of sp³-hybridized carbons (Fsp3) is 0.231. The third-order valence-corrected chi connectivity index (χ3v) is 5.69. The average molecular weight is 405 g/mol. The molecule has 2 rings (SSSR count). The quantitative estimate of drug-likeness (QED) is 0.562. The first-order chi connectivity index (χ1) is 10.2. The Balaban J connectivity index is 2.48. The lowest BCUT2D eigenvalue weighted by molar-refractivity contribution is -0.387. The van der Waals surface area contributed by atoms with Crippen molar-refractivity contribution in [3.8, 4) is 0 Å². The zero-order chi connectivity index (χ0) is 16.5. The van der Waals surface area contributed by atoms with Gasteiger partial charge in [0.1, 0.15) is 10.6 Å². The van der Waals surface area contributed by atoms with Crippen molar-refractivity contribution in [1.29, 1.82) is 0 Å². The number of nitro groups is 1. The van der Waals surface area contributed by atoms with Crippen molar-refractivity contribution in [2.75, 3.05) is 18.2 Å². The van der Waals surface area contributed by atoms with Crippen LogP contribution < -0.4 is 4.90 Å². The molecular weight excluding hydrogens is 392 g/mol. The molecule has 22 heavy (non-hydrogen) atoms. The van der Waals surface area contributed by atoms with Crippen LogP contribution >= 0.6 is 27.3 Å². The molecule has 2 aromatic rings. The van der Waals surface area contributed by atoms with Crippen LogP contribution in [-0.2, 0) is 16.4 Å². The van der Waals surface area contributed by atoms with E-state index in [-0.39, 0.29) is 16.3 Å². The maximum atomic E-state index is 11.8. The van der Waals surface area contributed by atoms with Gasteiger partial charge in [0.2, 0.25) is 0 Å². The highest BCUT2D eigenvalue weighted by Gasteiger charge is 2.27. The molecular formula is C13H13BrN2O4S2. The van der Waals surface area contributed by atoms with Crippen molar-refractivity contribution in [1.82, 2.24) is 0 Å². The number of anilines is 1. The predicted molar refractivity (Wildman–Crippen MR) is 90.3 cm³/mol. The Morgan fingerprint density at radius 1 is 1.41 bits per heavy atom. The summed E-state index contributed by atoms with van der Waals surface area (Å²) in [6.07, 6.45) is 0.967. The lowest BCUT2D eigenvalue weighted by Gasteiger charge is -2.19. The Bertz CT molecular complexity index is 817. The summed E-state index contributed by atoms with van der Waals surface area (Å²) in [6.45, 7) is 0.441. The van der Waals surface area contributed by atoms with E-state index >= 15 is 0 Å². The Hall–Kier alpha value is -1.45. The smallest absolute Gasteiger partial charge is 0.311 e. The minimum absolute atomic E-state index is 0.270.